The number of aryl methyl sites for hydroxylation is 2. The van der Waals surface area contributed by atoms with Gasteiger partial charge >= 0.3 is 0 Å². The van der Waals surface area contributed by atoms with Gasteiger partial charge in [-0.2, -0.15) is 0 Å². The minimum absolute atomic E-state index is 0.101. The largest absolute Gasteiger partial charge is 0.497 e. The van der Waals surface area contributed by atoms with Crippen molar-refractivity contribution in [3.63, 3.8) is 0 Å². The molecule has 37 heavy (non-hydrogen) atoms. The number of ether oxygens (including phenoxy) is 1. The Morgan fingerprint density at radius 3 is 2.16 bits per heavy atom. The van der Waals surface area contributed by atoms with Gasteiger partial charge in [0.1, 0.15) is 18.3 Å². The molecule has 1 N–H and O–H groups in total. The molecule has 1 aliphatic carbocycles. The molecule has 1 aliphatic rings. The third-order valence-corrected chi connectivity index (χ3v) is 7.95. The molecule has 0 bridgehead atoms. The van der Waals surface area contributed by atoms with Crippen LogP contribution in [0.1, 0.15) is 55.7 Å². The minimum atomic E-state index is -3.76. The van der Waals surface area contributed by atoms with Crippen molar-refractivity contribution in [1.82, 2.24) is 10.2 Å². The first-order valence-electron chi connectivity index (χ1n) is 12.8. The Kier molecular flexibility index (Phi) is 9.59. The number of amides is 2. The summed E-state index contributed by atoms with van der Waals surface area (Å²) in [5.41, 5.74) is 3.03. The van der Waals surface area contributed by atoms with Gasteiger partial charge in [-0.15, -0.1) is 0 Å². The van der Waals surface area contributed by atoms with Crippen molar-refractivity contribution in [3.8, 4) is 5.75 Å². The Balaban J connectivity index is 1.89. The third-order valence-electron chi connectivity index (χ3n) is 6.80. The minimum Gasteiger partial charge on any atom is -0.497 e. The fourth-order valence-corrected chi connectivity index (χ4v) is 5.62. The van der Waals surface area contributed by atoms with Crippen LogP contribution in [0.4, 0.5) is 5.69 Å². The van der Waals surface area contributed by atoms with Crippen LogP contribution in [0, 0.1) is 13.8 Å². The van der Waals surface area contributed by atoms with Crippen LogP contribution >= 0.6 is 0 Å². The molecule has 2 aromatic carbocycles. The summed E-state index contributed by atoms with van der Waals surface area (Å²) in [6.45, 7) is 5.21. The number of carbonyl (C=O) groups excluding carboxylic acids is 2. The zero-order chi connectivity index (χ0) is 27.2. The van der Waals surface area contributed by atoms with Crippen LogP contribution in [-0.4, -0.2) is 57.1 Å². The molecule has 1 saturated carbocycles. The van der Waals surface area contributed by atoms with E-state index in [4.69, 9.17) is 4.74 Å². The van der Waals surface area contributed by atoms with Gasteiger partial charge in [-0.3, -0.25) is 13.9 Å². The maximum atomic E-state index is 13.7. The van der Waals surface area contributed by atoms with E-state index in [9.17, 15) is 18.0 Å². The van der Waals surface area contributed by atoms with Crippen LogP contribution in [-0.2, 0) is 26.2 Å². The number of hydrogen-bond donors (Lipinski definition) is 1. The maximum Gasteiger partial charge on any atom is 0.244 e. The van der Waals surface area contributed by atoms with Crippen LogP contribution < -0.4 is 14.4 Å². The van der Waals surface area contributed by atoms with Gasteiger partial charge in [0.25, 0.3) is 0 Å². The fraction of sp³-hybridized carbons (Fsp3) is 0.500. The van der Waals surface area contributed by atoms with Crippen molar-refractivity contribution in [3.05, 3.63) is 59.2 Å². The van der Waals surface area contributed by atoms with Crippen molar-refractivity contribution < 1.29 is 22.7 Å². The monoisotopic (exact) mass is 529 g/mol. The lowest BCUT2D eigenvalue weighted by molar-refractivity contribution is -0.139. The van der Waals surface area contributed by atoms with E-state index < -0.39 is 28.5 Å². The molecule has 0 aromatic heterocycles. The Hall–Kier alpha value is -3.07. The van der Waals surface area contributed by atoms with Gasteiger partial charge in [-0.1, -0.05) is 37.5 Å². The Morgan fingerprint density at radius 1 is 1.03 bits per heavy atom. The van der Waals surface area contributed by atoms with Crippen LogP contribution in [0.15, 0.2) is 42.5 Å². The molecule has 0 saturated heterocycles. The van der Waals surface area contributed by atoms with Gasteiger partial charge in [0.2, 0.25) is 21.8 Å². The van der Waals surface area contributed by atoms with Crippen LogP contribution in [0.3, 0.4) is 0 Å². The number of nitrogens with one attached hydrogen (secondary N) is 1. The lowest BCUT2D eigenvalue weighted by Crippen LogP contribution is -2.53. The number of hydrogen-bond acceptors (Lipinski definition) is 5. The number of carbonyl (C=O) groups is 2. The molecule has 0 spiro atoms. The second-order valence-electron chi connectivity index (χ2n) is 10.0. The summed E-state index contributed by atoms with van der Waals surface area (Å²) in [6, 6.07) is 12.0. The summed E-state index contributed by atoms with van der Waals surface area (Å²) in [6.07, 6.45) is 6.27. The van der Waals surface area contributed by atoms with E-state index in [0.717, 1.165) is 52.9 Å². The predicted molar refractivity (Wildman–Crippen MR) is 146 cm³/mol. The zero-order valence-electron chi connectivity index (χ0n) is 22.5. The van der Waals surface area contributed by atoms with Crippen molar-refractivity contribution in [2.45, 2.75) is 71.5 Å². The highest BCUT2D eigenvalue weighted by Gasteiger charge is 2.31. The highest BCUT2D eigenvalue weighted by Crippen LogP contribution is 2.23. The summed E-state index contributed by atoms with van der Waals surface area (Å²) in [7, 11) is -2.18. The number of rotatable bonds is 10. The molecule has 2 aromatic rings. The molecule has 1 atom stereocenters. The average molecular weight is 530 g/mol. The SMILES string of the molecule is COc1ccc(CN(C(=O)CN(c2cc(C)cc(C)c2)S(C)(=O)=O)[C@H](C)C(=O)NC2CCCCC2)cc1. The summed E-state index contributed by atoms with van der Waals surface area (Å²) < 4.78 is 31.9. The van der Waals surface area contributed by atoms with E-state index in [2.05, 4.69) is 5.32 Å². The second kappa shape index (κ2) is 12.4. The van der Waals surface area contributed by atoms with E-state index in [1.807, 2.05) is 32.0 Å². The second-order valence-corrected chi connectivity index (χ2v) is 11.9. The molecule has 1 fully saturated rings. The molecule has 3 rings (SSSR count). The molecule has 9 heteroatoms. The van der Waals surface area contributed by atoms with Crippen LogP contribution in [0.25, 0.3) is 0 Å². The number of methoxy groups -OCH3 is 1. The lowest BCUT2D eigenvalue weighted by atomic mass is 9.95. The first-order valence-corrected chi connectivity index (χ1v) is 14.6. The smallest absolute Gasteiger partial charge is 0.244 e. The summed E-state index contributed by atoms with van der Waals surface area (Å²) in [5, 5.41) is 3.10. The Morgan fingerprint density at radius 2 is 1.62 bits per heavy atom. The van der Waals surface area contributed by atoms with Gasteiger partial charge in [0.05, 0.1) is 19.1 Å². The molecule has 202 valence electrons. The predicted octanol–water partition coefficient (Wildman–Crippen LogP) is 3.94. The number of sulfonamides is 1. The molecular formula is C28H39N3O5S. The molecule has 0 aliphatic heterocycles. The van der Waals surface area contributed by atoms with Gasteiger partial charge in [-0.05, 0) is 74.6 Å². The molecule has 0 radical (unpaired) electrons. The van der Waals surface area contributed by atoms with Crippen molar-refractivity contribution in [2.75, 3.05) is 24.2 Å². The van der Waals surface area contributed by atoms with E-state index in [0.29, 0.717) is 11.4 Å². The van der Waals surface area contributed by atoms with Gasteiger partial charge in [-0.25, -0.2) is 8.42 Å². The molecule has 0 heterocycles. The number of benzene rings is 2. The molecular weight excluding hydrogens is 490 g/mol. The molecule has 2 amide bonds. The van der Waals surface area contributed by atoms with Gasteiger partial charge in [0, 0.05) is 12.6 Å². The normalized spacial score (nSPS) is 15.1. The Bertz CT molecular complexity index is 1170. The number of anilines is 1. The Labute approximate surface area is 221 Å². The first kappa shape index (κ1) is 28.5. The maximum absolute atomic E-state index is 13.7. The van der Waals surface area contributed by atoms with E-state index in [-0.39, 0.29) is 18.5 Å². The van der Waals surface area contributed by atoms with Crippen molar-refractivity contribution in [2.24, 2.45) is 0 Å². The zero-order valence-corrected chi connectivity index (χ0v) is 23.3. The average Bonchev–Trinajstić information content (AvgIpc) is 2.85. The summed E-state index contributed by atoms with van der Waals surface area (Å²) in [4.78, 5) is 28.4. The first-order chi connectivity index (χ1) is 17.5. The lowest BCUT2D eigenvalue weighted by Gasteiger charge is -2.33. The van der Waals surface area contributed by atoms with E-state index >= 15 is 0 Å². The standard InChI is InChI=1S/C28H39N3O5S/c1-20-15-21(2)17-25(16-20)31(37(5,34)35)19-27(32)30(18-23-11-13-26(36-4)14-12-23)22(3)28(33)29-24-9-7-6-8-10-24/h11-17,22,24H,6-10,18-19H2,1-5H3,(H,29,33)/t22-/m1/s1. The molecule has 0 unspecified atom stereocenters. The highest BCUT2D eigenvalue weighted by atomic mass is 32.2. The van der Waals surface area contributed by atoms with Crippen LogP contribution in [0.2, 0.25) is 0 Å². The quantitative estimate of drug-likeness (QED) is 0.503. The fourth-order valence-electron chi connectivity index (χ4n) is 4.79. The van der Waals surface area contributed by atoms with E-state index in [1.54, 1.807) is 38.3 Å². The molecule has 8 nitrogen and oxygen atoms in total. The van der Waals surface area contributed by atoms with E-state index in [1.165, 1.54) is 11.3 Å². The van der Waals surface area contributed by atoms with Gasteiger partial charge in [0.15, 0.2) is 0 Å². The van der Waals surface area contributed by atoms with Crippen LogP contribution in [0.5, 0.6) is 5.75 Å². The van der Waals surface area contributed by atoms with Crippen molar-refractivity contribution >= 4 is 27.5 Å². The topological polar surface area (TPSA) is 96.0 Å². The summed E-state index contributed by atoms with van der Waals surface area (Å²) in [5.74, 6) is 0.000508. The highest BCUT2D eigenvalue weighted by molar-refractivity contribution is 7.92. The summed E-state index contributed by atoms with van der Waals surface area (Å²) >= 11 is 0. The van der Waals surface area contributed by atoms with Gasteiger partial charge < -0.3 is 15.0 Å². The number of nitrogens with zero attached hydrogens (tertiary/aromatic N) is 2. The third kappa shape index (κ3) is 7.95. The van der Waals surface area contributed by atoms with Crippen molar-refractivity contribution in [1.29, 1.82) is 0 Å².